The fourth-order valence-corrected chi connectivity index (χ4v) is 2.90. The highest BCUT2D eigenvalue weighted by Crippen LogP contribution is 2.32. The molecule has 0 aliphatic heterocycles. The molecule has 6 nitrogen and oxygen atoms in total. The lowest BCUT2D eigenvalue weighted by Crippen LogP contribution is -2.10. The summed E-state index contributed by atoms with van der Waals surface area (Å²) in [5.74, 6) is 0.675. The molecule has 2 heterocycles. The summed E-state index contributed by atoms with van der Waals surface area (Å²) in [7, 11) is 1.67. The van der Waals surface area contributed by atoms with Gasteiger partial charge < -0.3 is 14.6 Å². The van der Waals surface area contributed by atoms with Crippen LogP contribution in [0, 0.1) is 0 Å². The van der Waals surface area contributed by atoms with E-state index in [1.54, 1.807) is 7.11 Å². The zero-order valence-electron chi connectivity index (χ0n) is 11.5. The van der Waals surface area contributed by atoms with Crippen molar-refractivity contribution in [1.82, 2.24) is 19.5 Å². The molecule has 7 heteroatoms. The van der Waals surface area contributed by atoms with Gasteiger partial charge in [-0.05, 0) is 24.4 Å². The molecular weight excluding hydrogens is 278 g/mol. The molecule has 2 aromatic heterocycles. The Morgan fingerprint density at radius 3 is 2.95 bits per heavy atom. The van der Waals surface area contributed by atoms with Gasteiger partial charge >= 0.3 is 0 Å². The predicted octanol–water partition coefficient (Wildman–Crippen LogP) is 2.65. The molecule has 3 rings (SSSR count). The van der Waals surface area contributed by atoms with E-state index in [2.05, 4.69) is 24.8 Å². The first kappa shape index (κ1) is 13.6. The van der Waals surface area contributed by atoms with Crippen LogP contribution in [0.5, 0.6) is 0 Å². The molecular formula is C13H18ClN5O. The third-order valence-corrected chi connectivity index (χ3v) is 3.88. The molecule has 0 radical (unpaired) electrons. The van der Waals surface area contributed by atoms with Crippen LogP contribution in [0.1, 0.15) is 31.7 Å². The Bertz CT molecular complexity index is 594. The zero-order valence-corrected chi connectivity index (χ0v) is 12.2. The van der Waals surface area contributed by atoms with Crippen molar-refractivity contribution >= 4 is 28.6 Å². The Labute approximate surface area is 122 Å². The van der Waals surface area contributed by atoms with E-state index in [0.29, 0.717) is 25.0 Å². The number of hydrogen-bond acceptors (Lipinski definition) is 5. The molecule has 2 aromatic rings. The molecule has 0 aromatic carbocycles. The number of nitrogens with zero attached hydrogens (tertiary/aromatic N) is 4. The number of aromatic nitrogens is 4. The van der Waals surface area contributed by atoms with Gasteiger partial charge in [-0.2, -0.15) is 9.97 Å². The standard InChI is InChI=1S/C13H18ClN5O/c1-20-7-6-15-11-10-12(18-13(14)17-11)19(8-16-10)9-4-2-3-5-9/h8-9H,2-7H2,1H3,(H,15,17,18). The third-order valence-electron chi connectivity index (χ3n) is 3.71. The van der Waals surface area contributed by atoms with Crippen molar-refractivity contribution in [2.75, 3.05) is 25.6 Å². The maximum atomic E-state index is 6.04. The summed E-state index contributed by atoms with van der Waals surface area (Å²) in [6.45, 7) is 1.27. The fraction of sp³-hybridized carbons (Fsp3) is 0.615. The largest absolute Gasteiger partial charge is 0.383 e. The van der Waals surface area contributed by atoms with Crippen LogP contribution in [-0.4, -0.2) is 39.8 Å². The number of methoxy groups -OCH3 is 1. The van der Waals surface area contributed by atoms with Gasteiger partial charge in [0.15, 0.2) is 17.0 Å². The molecule has 0 unspecified atom stereocenters. The first-order valence-electron chi connectivity index (χ1n) is 6.92. The van der Waals surface area contributed by atoms with Crippen molar-refractivity contribution in [3.05, 3.63) is 11.6 Å². The monoisotopic (exact) mass is 295 g/mol. The molecule has 1 aliphatic carbocycles. The average Bonchev–Trinajstić information content (AvgIpc) is 3.06. The molecule has 0 saturated heterocycles. The van der Waals surface area contributed by atoms with E-state index < -0.39 is 0 Å². The molecule has 108 valence electrons. The molecule has 1 N–H and O–H groups in total. The fourth-order valence-electron chi connectivity index (χ4n) is 2.73. The molecule has 1 aliphatic rings. The van der Waals surface area contributed by atoms with Gasteiger partial charge in [0.25, 0.3) is 0 Å². The molecule has 0 spiro atoms. The molecule has 0 amide bonds. The van der Waals surface area contributed by atoms with Crippen LogP contribution in [0.4, 0.5) is 5.82 Å². The highest BCUT2D eigenvalue weighted by atomic mass is 35.5. The Morgan fingerprint density at radius 1 is 1.40 bits per heavy atom. The van der Waals surface area contributed by atoms with E-state index in [-0.39, 0.29) is 5.28 Å². The number of anilines is 1. The first-order valence-corrected chi connectivity index (χ1v) is 7.30. The van der Waals surface area contributed by atoms with E-state index in [1.807, 2.05) is 6.33 Å². The Morgan fingerprint density at radius 2 is 2.20 bits per heavy atom. The van der Waals surface area contributed by atoms with Crippen molar-refractivity contribution in [2.45, 2.75) is 31.7 Å². The summed E-state index contributed by atoms with van der Waals surface area (Å²) in [5, 5.41) is 3.44. The minimum atomic E-state index is 0.247. The lowest BCUT2D eigenvalue weighted by molar-refractivity contribution is 0.210. The summed E-state index contributed by atoms with van der Waals surface area (Å²) >= 11 is 6.04. The third kappa shape index (κ3) is 2.58. The van der Waals surface area contributed by atoms with Gasteiger partial charge in [-0.3, -0.25) is 0 Å². The van der Waals surface area contributed by atoms with Crippen LogP contribution in [0.2, 0.25) is 5.28 Å². The number of rotatable bonds is 5. The SMILES string of the molecule is COCCNc1nc(Cl)nc2c1ncn2C1CCCC1. The van der Waals surface area contributed by atoms with Gasteiger partial charge in [-0.15, -0.1) is 0 Å². The second kappa shape index (κ2) is 5.93. The van der Waals surface area contributed by atoms with Crippen LogP contribution in [0.3, 0.4) is 0 Å². The van der Waals surface area contributed by atoms with Crippen molar-refractivity contribution in [3.63, 3.8) is 0 Å². The predicted molar refractivity (Wildman–Crippen MR) is 78.2 cm³/mol. The van der Waals surface area contributed by atoms with Crippen LogP contribution in [-0.2, 0) is 4.74 Å². The zero-order chi connectivity index (χ0) is 13.9. The molecule has 1 fully saturated rings. The topological polar surface area (TPSA) is 64.9 Å². The minimum absolute atomic E-state index is 0.247. The van der Waals surface area contributed by atoms with E-state index in [1.165, 1.54) is 25.7 Å². The highest BCUT2D eigenvalue weighted by Gasteiger charge is 2.21. The maximum absolute atomic E-state index is 6.04. The average molecular weight is 296 g/mol. The van der Waals surface area contributed by atoms with Gasteiger partial charge in [0.1, 0.15) is 0 Å². The van der Waals surface area contributed by atoms with Crippen molar-refractivity contribution in [3.8, 4) is 0 Å². The van der Waals surface area contributed by atoms with Gasteiger partial charge in [0.05, 0.1) is 12.9 Å². The lowest BCUT2D eigenvalue weighted by Gasteiger charge is -2.12. The number of imidazole rings is 1. The first-order chi connectivity index (χ1) is 9.79. The quantitative estimate of drug-likeness (QED) is 0.678. The number of fused-ring (bicyclic) bond motifs is 1. The van der Waals surface area contributed by atoms with Crippen LogP contribution >= 0.6 is 11.6 Å². The Kier molecular flexibility index (Phi) is 4.03. The summed E-state index contributed by atoms with van der Waals surface area (Å²) in [6, 6.07) is 0.484. The molecule has 20 heavy (non-hydrogen) atoms. The van der Waals surface area contributed by atoms with Crippen LogP contribution in [0.15, 0.2) is 6.33 Å². The summed E-state index contributed by atoms with van der Waals surface area (Å²) in [5.41, 5.74) is 1.59. The molecule has 0 atom stereocenters. The molecule has 0 bridgehead atoms. The van der Waals surface area contributed by atoms with Crippen molar-refractivity contribution in [2.24, 2.45) is 0 Å². The highest BCUT2D eigenvalue weighted by molar-refractivity contribution is 6.28. The lowest BCUT2D eigenvalue weighted by atomic mass is 10.2. The summed E-state index contributed by atoms with van der Waals surface area (Å²) in [6.07, 6.45) is 6.75. The summed E-state index contributed by atoms with van der Waals surface area (Å²) < 4.78 is 7.16. The number of hydrogen-bond donors (Lipinski definition) is 1. The smallest absolute Gasteiger partial charge is 0.226 e. The van der Waals surface area contributed by atoms with E-state index in [0.717, 1.165) is 11.2 Å². The number of halogens is 1. The summed E-state index contributed by atoms with van der Waals surface area (Å²) in [4.78, 5) is 13.0. The van der Waals surface area contributed by atoms with Gasteiger partial charge in [-0.25, -0.2) is 4.98 Å². The maximum Gasteiger partial charge on any atom is 0.226 e. The van der Waals surface area contributed by atoms with E-state index in [4.69, 9.17) is 16.3 Å². The van der Waals surface area contributed by atoms with Crippen LogP contribution in [0.25, 0.3) is 11.2 Å². The number of ether oxygens (including phenoxy) is 1. The normalized spacial score (nSPS) is 16.1. The van der Waals surface area contributed by atoms with Gasteiger partial charge in [0, 0.05) is 19.7 Å². The minimum Gasteiger partial charge on any atom is -0.383 e. The van der Waals surface area contributed by atoms with Crippen molar-refractivity contribution in [1.29, 1.82) is 0 Å². The Hall–Kier alpha value is -1.40. The van der Waals surface area contributed by atoms with Gasteiger partial charge in [0.2, 0.25) is 5.28 Å². The Balaban J connectivity index is 1.95. The second-order valence-electron chi connectivity index (χ2n) is 5.02. The number of nitrogens with one attached hydrogen (secondary N) is 1. The van der Waals surface area contributed by atoms with E-state index in [9.17, 15) is 0 Å². The van der Waals surface area contributed by atoms with Crippen molar-refractivity contribution < 1.29 is 4.74 Å². The van der Waals surface area contributed by atoms with Crippen LogP contribution < -0.4 is 5.32 Å². The molecule has 1 saturated carbocycles. The van der Waals surface area contributed by atoms with E-state index >= 15 is 0 Å². The second-order valence-corrected chi connectivity index (χ2v) is 5.36. The van der Waals surface area contributed by atoms with Gasteiger partial charge in [-0.1, -0.05) is 12.8 Å².